The highest BCUT2D eigenvalue weighted by Crippen LogP contribution is 2.32. The molecule has 1 aromatic carbocycles. The van der Waals surface area contributed by atoms with Crippen LogP contribution < -0.4 is 10.6 Å². The summed E-state index contributed by atoms with van der Waals surface area (Å²) in [6, 6.07) is 9.29. The average Bonchev–Trinajstić information content (AvgIpc) is 3.47. The average molecular weight is 406 g/mol. The number of halogens is 1. The first-order chi connectivity index (χ1) is 14.6. The van der Waals surface area contributed by atoms with E-state index in [1.54, 1.807) is 11.0 Å². The van der Waals surface area contributed by atoms with Gasteiger partial charge in [-0.05, 0) is 43.7 Å². The zero-order valence-electron chi connectivity index (χ0n) is 16.5. The molecule has 30 heavy (non-hydrogen) atoms. The number of hydrogen-bond donors (Lipinski definition) is 2. The molecule has 1 saturated carbocycles. The number of hydrogen-bond acceptors (Lipinski definition) is 5. The van der Waals surface area contributed by atoms with Gasteiger partial charge < -0.3 is 15.5 Å². The molecule has 0 radical (unpaired) electrons. The number of benzene rings is 1. The highest BCUT2D eigenvalue weighted by molar-refractivity contribution is 5.95. The number of para-hydroxylation sites is 1. The molecule has 2 aromatic rings. The third-order valence-electron chi connectivity index (χ3n) is 5.27. The standard InChI is InChI=1S/C22H23FN6O/c1-24-19(12-15-9-10-15)21(30)29-11-5-8-17(29)13-25-20-18(23)14-26-22(28-20)27-16-6-3-2-4-7-16/h2-4,6-7,12,14-15,17H,5,8-11,13H2,(H2,25,26,27,28)/b19-12-. The molecule has 2 heterocycles. The number of allylic oxidation sites excluding steroid dienone is 1. The molecule has 4 rings (SSSR count). The first-order valence-electron chi connectivity index (χ1n) is 10.1. The largest absolute Gasteiger partial charge is 0.365 e. The fraction of sp³-hybridized carbons (Fsp3) is 0.364. The van der Waals surface area contributed by atoms with E-state index in [0.29, 0.717) is 19.0 Å². The zero-order valence-corrected chi connectivity index (χ0v) is 16.5. The van der Waals surface area contributed by atoms with Crippen LogP contribution in [0.5, 0.6) is 0 Å². The van der Waals surface area contributed by atoms with Gasteiger partial charge in [0.2, 0.25) is 11.6 Å². The lowest BCUT2D eigenvalue weighted by atomic mass is 10.2. The van der Waals surface area contributed by atoms with Crippen LogP contribution in [0, 0.1) is 18.3 Å². The smallest absolute Gasteiger partial charge is 0.252 e. The molecule has 1 saturated heterocycles. The van der Waals surface area contributed by atoms with Crippen LogP contribution in [0.15, 0.2) is 48.3 Å². The quantitative estimate of drug-likeness (QED) is 0.538. The number of carbonyl (C=O) groups excluding carboxylic acids is 1. The van der Waals surface area contributed by atoms with Crippen molar-refractivity contribution in [1.29, 1.82) is 0 Å². The summed E-state index contributed by atoms with van der Waals surface area (Å²) >= 11 is 0. The molecule has 154 valence electrons. The van der Waals surface area contributed by atoms with Gasteiger partial charge in [0.15, 0.2) is 11.6 Å². The maximum atomic E-state index is 14.2. The van der Waals surface area contributed by atoms with E-state index in [4.69, 9.17) is 6.57 Å². The minimum atomic E-state index is -0.556. The lowest BCUT2D eigenvalue weighted by molar-refractivity contribution is -0.127. The molecule has 0 spiro atoms. The number of rotatable bonds is 7. The second-order valence-electron chi connectivity index (χ2n) is 7.56. The highest BCUT2D eigenvalue weighted by Gasteiger charge is 2.32. The van der Waals surface area contributed by atoms with Crippen LogP contribution in [0.2, 0.25) is 0 Å². The van der Waals surface area contributed by atoms with Gasteiger partial charge in [-0.15, -0.1) is 0 Å². The third-order valence-corrected chi connectivity index (χ3v) is 5.27. The van der Waals surface area contributed by atoms with Crippen molar-refractivity contribution < 1.29 is 9.18 Å². The van der Waals surface area contributed by atoms with Gasteiger partial charge >= 0.3 is 0 Å². The highest BCUT2D eigenvalue weighted by atomic mass is 19.1. The van der Waals surface area contributed by atoms with Crippen LogP contribution in [-0.2, 0) is 4.79 Å². The molecule has 1 atom stereocenters. The molecule has 1 unspecified atom stereocenters. The van der Waals surface area contributed by atoms with Crippen molar-refractivity contribution in [1.82, 2.24) is 14.9 Å². The molecule has 7 nitrogen and oxygen atoms in total. The van der Waals surface area contributed by atoms with Gasteiger partial charge in [0.05, 0.1) is 12.8 Å². The van der Waals surface area contributed by atoms with Crippen LogP contribution in [-0.4, -0.2) is 39.9 Å². The predicted octanol–water partition coefficient (Wildman–Crippen LogP) is 3.98. The predicted molar refractivity (Wildman–Crippen MR) is 112 cm³/mol. The Morgan fingerprint density at radius 2 is 2.10 bits per heavy atom. The van der Waals surface area contributed by atoms with E-state index in [0.717, 1.165) is 37.6 Å². The van der Waals surface area contributed by atoms with E-state index in [1.807, 2.05) is 30.3 Å². The number of anilines is 3. The second-order valence-corrected chi connectivity index (χ2v) is 7.56. The topological polar surface area (TPSA) is 74.5 Å². The van der Waals surface area contributed by atoms with Gasteiger partial charge in [-0.3, -0.25) is 4.79 Å². The van der Waals surface area contributed by atoms with Crippen molar-refractivity contribution in [2.75, 3.05) is 23.7 Å². The summed E-state index contributed by atoms with van der Waals surface area (Å²) in [4.78, 5) is 26.2. The molecular formula is C22H23FN6O. The Hall–Kier alpha value is -3.47. The maximum absolute atomic E-state index is 14.2. The van der Waals surface area contributed by atoms with E-state index in [1.165, 1.54) is 0 Å². The van der Waals surface area contributed by atoms with Gasteiger partial charge in [0.25, 0.3) is 5.91 Å². The molecule has 1 aromatic heterocycles. The van der Waals surface area contributed by atoms with E-state index in [2.05, 4.69) is 25.4 Å². The molecule has 1 aliphatic heterocycles. The zero-order chi connectivity index (χ0) is 20.9. The van der Waals surface area contributed by atoms with E-state index in [9.17, 15) is 9.18 Å². The Labute approximate surface area is 174 Å². The number of nitrogens with one attached hydrogen (secondary N) is 2. The molecule has 2 aliphatic rings. The maximum Gasteiger partial charge on any atom is 0.252 e. The van der Waals surface area contributed by atoms with Gasteiger partial charge in [-0.25, -0.2) is 14.2 Å². The molecule has 8 heteroatoms. The Balaban J connectivity index is 1.41. The van der Waals surface area contributed by atoms with E-state index in [-0.39, 0.29) is 29.4 Å². The van der Waals surface area contributed by atoms with Crippen LogP contribution in [0.4, 0.5) is 21.8 Å². The lowest BCUT2D eigenvalue weighted by Crippen LogP contribution is -2.40. The monoisotopic (exact) mass is 406 g/mol. The Kier molecular flexibility index (Phi) is 5.89. The number of nitrogens with zero attached hydrogens (tertiary/aromatic N) is 4. The fourth-order valence-electron chi connectivity index (χ4n) is 3.52. The summed E-state index contributed by atoms with van der Waals surface area (Å²) < 4.78 is 14.2. The molecule has 1 aliphatic carbocycles. The number of likely N-dealkylation sites (tertiary alicyclic amines) is 1. The Morgan fingerprint density at radius 3 is 2.83 bits per heavy atom. The van der Waals surface area contributed by atoms with Crippen molar-refractivity contribution in [3.8, 4) is 0 Å². The van der Waals surface area contributed by atoms with Gasteiger partial charge in [-0.2, -0.15) is 4.98 Å². The van der Waals surface area contributed by atoms with Crippen molar-refractivity contribution in [2.45, 2.75) is 31.7 Å². The van der Waals surface area contributed by atoms with Crippen molar-refractivity contribution in [3.05, 3.63) is 65.5 Å². The van der Waals surface area contributed by atoms with Gasteiger partial charge in [0.1, 0.15) is 0 Å². The number of carbonyl (C=O) groups is 1. The van der Waals surface area contributed by atoms with Crippen LogP contribution in [0.1, 0.15) is 25.7 Å². The number of aromatic nitrogens is 2. The van der Waals surface area contributed by atoms with Crippen LogP contribution in [0.25, 0.3) is 4.85 Å². The fourth-order valence-corrected chi connectivity index (χ4v) is 3.52. The van der Waals surface area contributed by atoms with Crippen LogP contribution >= 0.6 is 0 Å². The lowest BCUT2D eigenvalue weighted by Gasteiger charge is -2.25. The molecule has 0 bridgehead atoms. The van der Waals surface area contributed by atoms with Gasteiger partial charge in [0, 0.05) is 24.8 Å². The molecule has 1 amide bonds. The summed E-state index contributed by atoms with van der Waals surface area (Å²) in [5.41, 5.74) is 1.00. The molecule has 2 fully saturated rings. The van der Waals surface area contributed by atoms with Crippen molar-refractivity contribution in [2.24, 2.45) is 5.92 Å². The summed E-state index contributed by atoms with van der Waals surface area (Å²) in [7, 11) is 0. The minimum absolute atomic E-state index is 0.0849. The summed E-state index contributed by atoms with van der Waals surface area (Å²) in [6.07, 6.45) is 6.67. The number of amides is 1. The second kappa shape index (κ2) is 8.91. The van der Waals surface area contributed by atoms with Crippen molar-refractivity contribution in [3.63, 3.8) is 0 Å². The first-order valence-corrected chi connectivity index (χ1v) is 10.1. The third kappa shape index (κ3) is 4.74. The SMILES string of the molecule is [C-]#[N+]/C(=C\C1CC1)C(=O)N1CCCC1CNc1nc(Nc2ccccc2)ncc1F. The Morgan fingerprint density at radius 1 is 1.30 bits per heavy atom. The normalized spacial score (nSPS) is 18.7. The van der Waals surface area contributed by atoms with Gasteiger partial charge in [-0.1, -0.05) is 24.3 Å². The van der Waals surface area contributed by atoms with E-state index < -0.39 is 5.82 Å². The minimum Gasteiger partial charge on any atom is -0.365 e. The summed E-state index contributed by atoms with van der Waals surface area (Å²) in [5.74, 6) is -0.0487. The summed E-state index contributed by atoms with van der Waals surface area (Å²) in [5, 5.41) is 6.06. The molecular weight excluding hydrogens is 383 g/mol. The van der Waals surface area contributed by atoms with Crippen molar-refractivity contribution >= 4 is 23.4 Å². The van der Waals surface area contributed by atoms with E-state index >= 15 is 0 Å². The summed E-state index contributed by atoms with van der Waals surface area (Å²) in [6.45, 7) is 8.31. The Bertz CT molecular complexity index is 983. The molecule has 2 N–H and O–H groups in total. The first kappa shape index (κ1) is 19.8. The van der Waals surface area contributed by atoms with Crippen LogP contribution in [0.3, 0.4) is 0 Å².